The van der Waals surface area contributed by atoms with Gasteiger partial charge >= 0.3 is 0 Å². The SMILES string of the molecule is Cc1nn(C)c(C)c1C(C)NC(=O)C1CCCCN1S(C)(=O)=O. The average Bonchev–Trinajstić information content (AvgIpc) is 2.71. The van der Waals surface area contributed by atoms with E-state index in [9.17, 15) is 13.2 Å². The number of piperidine rings is 1. The molecule has 0 aliphatic carbocycles. The molecule has 1 aromatic heterocycles. The van der Waals surface area contributed by atoms with E-state index >= 15 is 0 Å². The highest BCUT2D eigenvalue weighted by Gasteiger charge is 2.35. The molecule has 0 aromatic carbocycles. The van der Waals surface area contributed by atoms with Crippen LogP contribution < -0.4 is 5.32 Å². The zero-order chi connectivity index (χ0) is 17.4. The number of nitrogens with zero attached hydrogens (tertiary/aromatic N) is 3. The number of carbonyl (C=O) groups excluding carboxylic acids is 1. The zero-order valence-corrected chi connectivity index (χ0v) is 15.3. The maximum Gasteiger partial charge on any atom is 0.238 e. The van der Waals surface area contributed by atoms with Gasteiger partial charge in [-0.3, -0.25) is 9.48 Å². The predicted molar refractivity (Wildman–Crippen MR) is 88.4 cm³/mol. The van der Waals surface area contributed by atoms with Crippen molar-refractivity contribution in [3.63, 3.8) is 0 Å². The van der Waals surface area contributed by atoms with Gasteiger partial charge in [0.05, 0.1) is 18.0 Å². The van der Waals surface area contributed by atoms with Gasteiger partial charge in [-0.1, -0.05) is 6.42 Å². The molecule has 1 amide bonds. The predicted octanol–water partition coefficient (Wildman–Crippen LogP) is 1.03. The van der Waals surface area contributed by atoms with Crippen LogP contribution in [-0.4, -0.2) is 47.3 Å². The van der Waals surface area contributed by atoms with Gasteiger partial charge in [-0.2, -0.15) is 9.40 Å². The number of aromatic nitrogens is 2. The summed E-state index contributed by atoms with van der Waals surface area (Å²) in [4.78, 5) is 12.6. The van der Waals surface area contributed by atoms with Crippen LogP contribution in [0.25, 0.3) is 0 Å². The summed E-state index contributed by atoms with van der Waals surface area (Å²) in [5.41, 5.74) is 2.86. The van der Waals surface area contributed by atoms with Crippen molar-refractivity contribution >= 4 is 15.9 Å². The number of rotatable bonds is 4. The quantitative estimate of drug-likeness (QED) is 0.886. The van der Waals surface area contributed by atoms with Crippen LogP contribution >= 0.6 is 0 Å². The third kappa shape index (κ3) is 3.74. The Bertz CT molecular complexity index is 696. The molecule has 23 heavy (non-hydrogen) atoms. The number of carbonyl (C=O) groups is 1. The molecule has 2 rings (SSSR count). The van der Waals surface area contributed by atoms with E-state index in [2.05, 4.69) is 10.4 Å². The number of sulfonamides is 1. The Hall–Kier alpha value is -1.41. The number of aryl methyl sites for hydroxylation is 2. The molecule has 1 aliphatic heterocycles. The summed E-state index contributed by atoms with van der Waals surface area (Å²) in [7, 11) is -1.51. The van der Waals surface area contributed by atoms with Crippen molar-refractivity contribution in [3.8, 4) is 0 Å². The topological polar surface area (TPSA) is 84.3 Å². The molecule has 2 unspecified atom stereocenters. The second kappa shape index (κ2) is 6.60. The minimum atomic E-state index is -3.38. The average molecular weight is 342 g/mol. The molecule has 1 N–H and O–H groups in total. The van der Waals surface area contributed by atoms with E-state index in [1.165, 1.54) is 4.31 Å². The number of hydrogen-bond donors (Lipinski definition) is 1. The highest BCUT2D eigenvalue weighted by molar-refractivity contribution is 7.88. The molecule has 0 saturated carbocycles. The Kier molecular flexibility index (Phi) is 5.15. The molecule has 1 aromatic rings. The van der Waals surface area contributed by atoms with Gasteiger partial charge in [0.15, 0.2) is 0 Å². The molecular formula is C15H26N4O3S. The second-order valence-electron chi connectivity index (χ2n) is 6.32. The lowest BCUT2D eigenvalue weighted by atomic mass is 10.0. The summed E-state index contributed by atoms with van der Waals surface area (Å²) in [5, 5.41) is 7.33. The van der Waals surface area contributed by atoms with Crippen molar-refractivity contribution in [1.29, 1.82) is 0 Å². The van der Waals surface area contributed by atoms with E-state index in [0.29, 0.717) is 13.0 Å². The van der Waals surface area contributed by atoms with Crippen LogP contribution in [0.2, 0.25) is 0 Å². The van der Waals surface area contributed by atoms with Gasteiger partial charge in [0.1, 0.15) is 6.04 Å². The largest absolute Gasteiger partial charge is 0.348 e. The molecule has 8 heteroatoms. The third-order valence-electron chi connectivity index (χ3n) is 4.54. The summed E-state index contributed by atoms with van der Waals surface area (Å²) >= 11 is 0. The molecular weight excluding hydrogens is 316 g/mol. The summed E-state index contributed by atoms with van der Waals surface area (Å²) in [6.07, 6.45) is 3.39. The molecule has 0 bridgehead atoms. The van der Waals surface area contributed by atoms with E-state index in [0.717, 1.165) is 36.0 Å². The second-order valence-corrected chi connectivity index (χ2v) is 8.26. The van der Waals surface area contributed by atoms with Crippen LogP contribution in [-0.2, 0) is 21.9 Å². The van der Waals surface area contributed by atoms with E-state index in [-0.39, 0.29) is 11.9 Å². The molecule has 1 saturated heterocycles. The van der Waals surface area contributed by atoms with Crippen molar-refractivity contribution in [2.45, 2.75) is 52.1 Å². The van der Waals surface area contributed by atoms with Gasteiger partial charge in [-0.05, 0) is 33.6 Å². The minimum absolute atomic E-state index is 0.209. The molecule has 130 valence electrons. The third-order valence-corrected chi connectivity index (χ3v) is 5.83. The lowest BCUT2D eigenvalue weighted by molar-refractivity contribution is -0.126. The van der Waals surface area contributed by atoms with E-state index in [1.54, 1.807) is 4.68 Å². The van der Waals surface area contributed by atoms with E-state index in [4.69, 9.17) is 0 Å². The maximum atomic E-state index is 12.6. The molecule has 1 aliphatic rings. The van der Waals surface area contributed by atoms with Crippen molar-refractivity contribution in [2.75, 3.05) is 12.8 Å². The lowest BCUT2D eigenvalue weighted by Crippen LogP contribution is -2.51. The smallest absolute Gasteiger partial charge is 0.238 e. The van der Waals surface area contributed by atoms with Crippen LogP contribution in [0.15, 0.2) is 0 Å². The Morgan fingerprint density at radius 2 is 2.00 bits per heavy atom. The summed E-state index contributed by atoms with van der Waals surface area (Å²) in [6, 6.07) is -0.821. The van der Waals surface area contributed by atoms with E-state index < -0.39 is 16.1 Å². The van der Waals surface area contributed by atoms with Crippen LogP contribution in [0.1, 0.15) is 49.2 Å². The minimum Gasteiger partial charge on any atom is -0.348 e. The number of amides is 1. The van der Waals surface area contributed by atoms with Crippen molar-refractivity contribution in [3.05, 3.63) is 17.0 Å². The first kappa shape index (κ1) is 17.9. The fraction of sp³-hybridized carbons (Fsp3) is 0.733. The van der Waals surface area contributed by atoms with Crippen LogP contribution in [0.4, 0.5) is 0 Å². The number of hydrogen-bond acceptors (Lipinski definition) is 4. The molecule has 1 fully saturated rings. The first-order valence-electron chi connectivity index (χ1n) is 7.90. The first-order valence-corrected chi connectivity index (χ1v) is 9.75. The Morgan fingerprint density at radius 1 is 1.35 bits per heavy atom. The summed E-state index contributed by atoms with van der Waals surface area (Å²) in [5.74, 6) is -0.231. The fourth-order valence-electron chi connectivity index (χ4n) is 3.36. The van der Waals surface area contributed by atoms with Gasteiger partial charge in [-0.25, -0.2) is 8.42 Å². The number of nitrogens with one attached hydrogen (secondary N) is 1. The van der Waals surface area contributed by atoms with Gasteiger partial charge in [0.25, 0.3) is 0 Å². The monoisotopic (exact) mass is 342 g/mol. The van der Waals surface area contributed by atoms with Gasteiger partial charge in [-0.15, -0.1) is 0 Å². The van der Waals surface area contributed by atoms with Crippen LogP contribution in [0, 0.1) is 13.8 Å². The zero-order valence-electron chi connectivity index (χ0n) is 14.5. The van der Waals surface area contributed by atoms with Crippen molar-refractivity contribution < 1.29 is 13.2 Å². The molecule has 2 atom stereocenters. The van der Waals surface area contributed by atoms with Gasteiger partial charge < -0.3 is 5.32 Å². The van der Waals surface area contributed by atoms with Crippen molar-refractivity contribution in [2.24, 2.45) is 7.05 Å². The molecule has 0 spiro atoms. The highest BCUT2D eigenvalue weighted by Crippen LogP contribution is 2.23. The molecule has 7 nitrogen and oxygen atoms in total. The van der Waals surface area contributed by atoms with Crippen molar-refractivity contribution in [1.82, 2.24) is 19.4 Å². The highest BCUT2D eigenvalue weighted by atomic mass is 32.2. The van der Waals surface area contributed by atoms with Gasteiger partial charge in [0.2, 0.25) is 15.9 Å². The van der Waals surface area contributed by atoms with Crippen LogP contribution in [0.5, 0.6) is 0 Å². The molecule has 2 heterocycles. The van der Waals surface area contributed by atoms with Gasteiger partial charge in [0, 0.05) is 24.8 Å². The standard InChI is InChI=1S/C15H26N4O3S/c1-10(14-11(2)17-18(4)12(14)3)16-15(20)13-8-6-7-9-19(13)23(5,21)22/h10,13H,6-9H2,1-5H3,(H,16,20). The van der Waals surface area contributed by atoms with E-state index in [1.807, 2.05) is 27.8 Å². The Balaban J connectivity index is 2.17. The Labute approximate surface area is 138 Å². The van der Waals surface area contributed by atoms with Crippen LogP contribution in [0.3, 0.4) is 0 Å². The fourth-order valence-corrected chi connectivity index (χ4v) is 4.49. The normalized spacial score (nSPS) is 21.2. The Morgan fingerprint density at radius 3 is 2.52 bits per heavy atom. The first-order chi connectivity index (χ1) is 10.6. The summed E-state index contributed by atoms with van der Waals surface area (Å²) in [6.45, 7) is 6.19. The summed E-state index contributed by atoms with van der Waals surface area (Å²) < 4.78 is 26.9. The lowest BCUT2D eigenvalue weighted by Gasteiger charge is -2.33. The maximum absolute atomic E-state index is 12.6. The molecule has 0 radical (unpaired) electrons.